The Morgan fingerprint density at radius 1 is 1.25 bits per heavy atom. The van der Waals surface area contributed by atoms with E-state index in [-0.39, 0.29) is 18.0 Å². The molecule has 2 rings (SSSR count). The smallest absolute Gasteiger partial charge is 0.292 e. The molecule has 0 aliphatic rings. The van der Waals surface area contributed by atoms with Gasteiger partial charge in [-0.3, -0.25) is 10.1 Å². The van der Waals surface area contributed by atoms with Gasteiger partial charge in [0.25, 0.3) is 5.69 Å². The van der Waals surface area contributed by atoms with Crippen LogP contribution in [0.15, 0.2) is 36.4 Å². The molecule has 0 radical (unpaired) electrons. The molecule has 20 heavy (non-hydrogen) atoms. The second-order valence-electron chi connectivity index (χ2n) is 4.66. The van der Waals surface area contributed by atoms with Gasteiger partial charge in [0.05, 0.1) is 4.92 Å². The van der Waals surface area contributed by atoms with Crippen molar-refractivity contribution in [2.24, 2.45) is 0 Å². The highest BCUT2D eigenvalue weighted by Crippen LogP contribution is 2.27. The van der Waals surface area contributed by atoms with E-state index < -0.39 is 4.92 Å². The summed E-state index contributed by atoms with van der Waals surface area (Å²) in [4.78, 5) is 10.3. The molecule has 0 bridgehead atoms. The summed E-state index contributed by atoms with van der Waals surface area (Å²) in [6.07, 6.45) is 0. The van der Waals surface area contributed by atoms with Gasteiger partial charge < -0.3 is 10.5 Å². The first kappa shape index (κ1) is 13.9. The summed E-state index contributed by atoms with van der Waals surface area (Å²) in [5.74, 6) is 0.760. The van der Waals surface area contributed by atoms with Gasteiger partial charge in [-0.1, -0.05) is 24.3 Å². The molecule has 0 aliphatic heterocycles. The van der Waals surface area contributed by atoms with Crippen LogP contribution in [0.5, 0.6) is 5.75 Å². The summed E-state index contributed by atoms with van der Waals surface area (Å²) in [5, 5.41) is 10.8. The number of nitrogens with two attached hydrogens (primary N) is 1. The van der Waals surface area contributed by atoms with Gasteiger partial charge >= 0.3 is 0 Å². The van der Waals surface area contributed by atoms with Gasteiger partial charge in [0.1, 0.15) is 18.0 Å². The third kappa shape index (κ3) is 2.88. The van der Waals surface area contributed by atoms with Gasteiger partial charge in [0.15, 0.2) is 0 Å². The Morgan fingerprint density at radius 2 is 2.00 bits per heavy atom. The quantitative estimate of drug-likeness (QED) is 0.525. The Bertz CT molecular complexity index is 654. The number of nitro groups is 1. The van der Waals surface area contributed by atoms with Gasteiger partial charge in [-0.25, -0.2) is 0 Å². The van der Waals surface area contributed by atoms with Crippen LogP contribution in [0.4, 0.5) is 11.4 Å². The largest absolute Gasteiger partial charge is 0.489 e. The maximum absolute atomic E-state index is 10.8. The lowest BCUT2D eigenvalue weighted by atomic mass is 10.1. The molecule has 0 saturated heterocycles. The average molecular weight is 272 g/mol. The number of anilines is 1. The van der Waals surface area contributed by atoms with Gasteiger partial charge in [-0.2, -0.15) is 0 Å². The summed E-state index contributed by atoms with van der Waals surface area (Å²) in [6, 6.07) is 10.6. The van der Waals surface area contributed by atoms with Crippen molar-refractivity contribution >= 4 is 11.4 Å². The minimum Gasteiger partial charge on any atom is -0.489 e. The van der Waals surface area contributed by atoms with Crippen LogP contribution in [0.1, 0.15) is 16.7 Å². The number of aryl methyl sites for hydroxylation is 2. The lowest BCUT2D eigenvalue weighted by molar-refractivity contribution is -0.384. The fraction of sp³-hybridized carbons (Fsp3) is 0.200. The Kier molecular flexibility index (Phi) is 3.89. The van der Waals surface area contributed by atoms with Crippen molar-refractivity contribution in [1.29, 1.82) is 0 Å². The van der Waals surface area contributed by atoms with E-state index in [2.05, 4.69) is 0 Å². The first-order valence-electron chi connectivity index (χ1n) is 6.21. The van der Waals surface area contributed by atoms with E-state index in [9.17, 15) is 10.1 Å². The number of nitrogen functional groups attached to an aromatic ring is 1. The lowest BCUT2D eigenvalue weighted by Gasteiger charge is -2.11. The highest BCUT2D eigenvalue weighted by Gasteiger charge is 2.14. The predicted octanol–water partition coefficient (Wildman–Crippen LogP) is 3.37. The van der Waals surface area contributed by atoms with E-state index in [0.717, 1.165) is 16.9 Å². The Labute approximate surface area is 117 Å². The van der Waals surface area contributed by atoms with E-state index in [1.54, 1.807) is 12.1 Å². The van der Waals surface area contributed by atoms with Crippen molar-refractivity contribution in [2.45, 2.75) is 20.5 Å². The van der Waals surface area contributed by atoms with E-state index >= 15 is 0 Å². The van der Waals surface area contributed by atoms with E-state index in [4.69, 9.17) is 10.5 Å². The third-order valence-corrected chi connectivity index (χ3v) is 3.10. The van der Waals surface area contributed by atoms with Crippen LogP contribution in [-0.2, 0) is 6.61 Å². The highest BCUT2D eigenvalue weighted by atomic mass is 16.6. The zero-order chi connectivity index (χ0) is 14.7. The summed E-state index contributed by atoms with van der Waals surface area (Å²) in [7, 11) is 0. The van der Waals surface area contributed by atoms with E-state index in [1.165, 1.54) is 6.07 Å². The highest BCUT2D eigenvalue weighted by molar-refractivity contribution is 5.62. The van der Waals surface area contributed by atoms with Crippen LogP contribution in [0, 0.1) is 24.0 Å². The molecular formula is C15H16N2O3. The topological polar surface area (TPSA) is 78.4 Å². The first-order chi connectivity index (χ1) is 9.49. The van der Waals surface area contributed by atoms with Crippen molar-refractivity contribution < 1.29 is 9.66 Å². The predicted molar refractivity (Wildman–Crippen MR) is 77.8 cm³/mol. The minimum absolute atomic E-state index is 0.0907. The van der Waals surface area contributed by atoms with Crippen molar-refractivity contribution in [3.63, 3.8) is 0 Å². The molecular weight excluding hydrogens is 256 g/mol. The Morgan fingerprint density at radius 3 is 2.70 bits per heavy atom. The number of hydrogen-bond acceptors (Lipinski definition) is 4. The normalized spacial score (nSPS) is 10.3. The zero-order valence-electron chi connectivity index (χ0n) is 11.4. The maximum atomic E-state index is 10.8. The Balaban J connectivity index is 2.21. The van der Waals surface area contributed by atoms with Gasteiger partial charge in [-0.15, -0.1) is 0 Å². The molecule has 0 amide bonds. The fourth-order valence-corrected chi connectivity index (χ4v) is 1.90. The van der Waals surface area contributed by atoms with Gasteiger partial charge in [0, 0.05) is 11.6 Å². The second-order valence-corrected chi connectivity index (χ2v) is 4.66. The second kappa shape index (κ2) is 5.61. The molecule has 0 aliphatic carbocycles. The molecule has 0 spiro atoms. The molecule has 0 aromatic heterocycles. The summed E-state index contributed by atoms with van der Waals surface area (Å²) < 4.78 is 5.72. The molecule has 0 atom stereocenters. The maximum Gasteiger partial charge on any atom is 0.292 e. The van der Waals surface area contributed by atoms with Crippen LogP contribution < -0.4 is 10.5 Å². The zero-order valence-corrected chi connectivity index (χ0v) is 11.4. The lowest BCUT2D eigenvalue weighted by Crippen LogP contribution is -2.04. The molecule has 2 aromatic carbocycles. The molecule has 5 nitrogen and oxygen atoms in total. The fourth-order valence-electron chi connectivity index (χ4n) is 1.90. The summed E-state index contributed by atoms with van der Waals surface area (Å²) in [5.41, 5.74) is 8.58. The molecule has 0 saturated carbocycles. The molecule has 0 fully saturated rings. The van der Waals surface area contributed by atoms with Crippen molar-refractivity contribution in [1.82, 2.24) is 0 Å². The summed E-state index contributed by atoms with van der Waals surface area (Å²) in [6.45, 7) is 4.14. The van der Waals surface area contributed by atoms with Crippen LogP contribution in [0.2, 0.25) is 0 Å². The van der Waals surface area contributed by atoms with Gasteiger partial charge in [-0.05, 0) is 31.0 Å². The summed E-state index contributed by atoms with van der Waals surface area (Å²) >= 11 is 0. The SMILES string of the molecule is Cc1ccc(C)c(OCc2cccc([N+](=O)[O-])c2N)c1. The van der Waals surface area contributed by atoms with Crippen LogP contribution in [-0.4, -0.2) is 4.92 Å². The number of para-hydroxylation sites is 1. The molecule has 104 valence electrons. The monoisotopic (exact) mass is 272 g/mol. The molecule has 0 unspecified atom stereocenters. The number of ether oxygens (including phenoxy) is 1. The van der Waals surface area contributed by atoms with Crippen molar-refractivity contribution in [3.8, 4) is 5.75 Å². The van der Waals surface area contributed by atoms with Crippen LogP contribution in [0.25, 0.3) is 0 Å². The number of benzene rings is 2. The van der Waals surface area contributed by atoms with E-state index in [0.29, 0.717) is 5.56 Å². The van der Waals surface area contributed by atoms with Crippen LogP contribution >= 0.6 is 0 Å². The molecule has 0 heterocycles. The first-order valence-corrected chi connectivity index (χ1v) is 6.21. The molecule has 5 heteroatoms. The van der Waals surface area contributed by atoms with Crippen molar-refractivity contribution in [2.75, 3.05) is 5.73 Å². The van der Waals surface area contributed by atoms with Gasteiger partial charge in [0.2, 0.25) is 0 Å². The average Bonchev–Trinajstić information content (AvgIpc) is 2.41. The number of nitro benzene ring substituents is 1. The molecule has 2 aromatic rings. The minimum atomic E-state index is -0.489. The van der Waals surface area contributed by atoms with Crippen LogP contribution in [0.3, 0.4) is 0 Å². The Hall–Kier alpha value is -2.56. The number of nitrogens with zero attached hydrogens (tertiary/aromatic N) is 1. The molecule has 2 N–H and O–H groups in total. The number of hydrogen-bond donors (Lipinski definition) is 1. The number of rotatable bonds is 4. The standard InChI is InChI=1S/C15H16N2O3/c1-10-6-7-11(2)14(8-10)20-9-12-4-3-5-13(15(12)16)17(18)19/h3-8H,9,16H2,1-2H3. The third-order valence-electron chi connectivity index (χ3n) is 3.10. The van der Waals surface area contributed by atoms with Crippen molar-refractivity contribution in [3.05, 3.63) is 63.2 Å². The van der Waals surface area contributed by atoms with E-state index in [1.807, 2.05) is 32.0 Å².